The van der Waals surface area contributed by atoms with Crippen molar-refractivity contribution in [3.05, 3.63) is 42.5 Å². The average Bonchev–Trinajstić information content (AvgIpc) is 2.60. The summed E-state index contributed by atoms with van der Waals surface area (Å²) < 4.78 is 52.3. The largest absolute Gasteiger partial charge is 0.492 e. The zero-order valence-electron chi connectivity index (χ0n) is 14.2. The number of alkyl halides is 3. The second-order valence-corrected chi connectivity index (χ2v) is 5.09. The van der Waals surface area contributed by atoms with Crippen LogP contribution in [0.5, 0.6) is 5.75 Å². The van der Waals surface area contributed by atoms with Gasteiger partial charge in [0.25, 0.3) is 5.91 Å². The van der Waals surface area contributed by atoms with E-state index in [1.54, 1.807) is 0 Å². The number of halogens is 3. The molecule has 9 heteroatoms. The molecule has 0 aliphatic carbocycles. The molecule has 1 amide bonds. The van der Waals surface area contributed by atoms with Crippen LogP contribution in [0.2, 0.25) is 0 Å². The summed E-state index contributed by atoms with van der Waals surface area (Å²) in [4.78, 5) is 23.0. The minimum absolute atomic E-state index is 0.0455. The Bertz CT molecular complexity index is 601. The van der Waals surface area contributed by atoms with Crippen LogP contribution >= 0.6 is 0 Å². The van der Waals surface area contributed by atoms with E-state index >= 15 is 0 Å². The van der Waals surface area contributed by atoms with Gasteiger partial charge in [0.1, 0.15) is 12.4 Å². The van der Waals surface area contributed by atoms with Crippen LogP contribution in [0.1, 0.15) is 12.5 Å². The van der Waals surface area contributed by atoms with Crippen LogP contribution in [0.3, 0.4) is 0 Å². The van der Waals surface area contributed by atoms with E-state index in [0.29, 0.717) is 0 Å². The smallest absolute Gasteiger partial charge is 0.416 e. The zero-order chi connectivity index (χ0) is 19.6. The van der Waals surface area contributed by atoms with Crippen molar-refractivity contribution in [2.45, 2.75) is 19.2 Å². The fraction of sp³-hybridized carbons (Fsp3) is 0.412. The molecule has 0 bridgehead atoms. The zero-order valence-corrected chi connectivity index (χ0v) is 14.2. The predicted octanol–water partition coefficient (Wildman–Crippen LogP) is 2.33. The van der Waals surface area contributed by atoms with Crippen molar-refractivity contribution in [2.75, 3.05) is 26.4 Å². The lowest BCUT2D eigenvalue weighted by Crippen LogP contribution is -2.34. The Morgan fingerprint density at radius 2 is 1.92 bits per heavy atom. The van der Waals surface area contributed by atoms with Gasteiger partial charge >= 0.3 is 12.1 Å². The maximum atomic E-state index is 12.4. The molecule has 1 rings (SSSR count). The molecule has 0 saturated carbocycles. The Balaban J connectivity index is 2.22. The van der Waals surface area contributed by atoms with Crippen LogP contribution in [0, 0.1) is 0 Å². The minimum Gasteiger partial charge on any atom is -0.492 e. The van der Waals surface area contributed by atoms with Gasteiger partial charge in [0.05, 0.1) is 18.7 Å². The van der Waals surface area contributed by atoms with E-state index in [1.807, 2.05) is 0 Å². The molecule has 0 radical (unpaired) electrons. The Kier molecular flexibility index (Phi) is 8.63. The molecule has 1 N–H and O–H groups in total. The van der Waals surface area contributed by atoms with Gasteiger partial charge in [0, 0.05) is 0 Å². The molecular weight excluding hydrogens is 355 g/mol. The number of hydrogen-bond donors (Lipinski definition) is 1. The standard InChI is InChI=1S/C17H20F3NO5/c1-3-9-24-12(2)16(23)26-11-15(22)21-8-10-25-14-6-4-13(5-7-14)17(18,19)20/h3-7,12H,1,8-11H2,2H3,(H,21,22). The second-order valence-electron chi connectivity index (χ2n) is 5.09. The summed E-state index contributed by atoms with van der Waals surface area (Å²) in [6.45, 7) is 4.79. The molecular formula is C17H20F3NO5. The van der Waals surface area contributed by atoms with Gasteiger partial charge < -0.3 is 19.5 Å². The lowest BCUT2D eigenvalue weighted by atomic mass is 10.2. The van der Waals surface area contributed by atoms with E-state index in [4.69, 9.17) is 14.2 Å². The van der Waals surface area contributed by atoms with Crippen LogP contribution in [0.25, 0.3) is 0 Å². The van der Waals surface area contributed by atoms with Crippen molar-refractivity contribution in [3.63, 3.8) is 0 Å². The summed E-state index contributed by atoms with van der Waals surface area (Å²) >= 11 is 0. The lowest BCUT2D eigenvalue weighted by Gasteiger charge is -2.12. The summed E-state index contributed by atoms with van der Waals surface area (Å²) in [5, 5.41) is 2.45. The van der Waals surface area contributed by atoms with Crippen LogP contribution in [0.15, 0.2) is 36.9 Å². The molecule has 0 aromatic heterocycles. The van der Waals surface area contributed by atoms with Gasteiger partial charge in [-0.1, -0.05) is 6.08 Å². The molecule has 144 valence electrons. The molecule has 0 heterocycles. The highest BCUT2D eigenvalue weighted by Crippen LogP contribution is 2.30. The molecule has 1 unspecified atom stereocenters. The molecule has 26 heavy (non-hydrogen) atoms. The number of nitrogens with one attached hydrogen (secondary N) is 1. The monoisotopic (exact) mass is 375 g/mol. The summed E-state index contributed by atoms with van der Waals surface area (Å²) in [5.74, 6) is -0.972. The number of carbonyl (C=O) groups excluding carboxylic acids is 2. The van der Waals surface area contributed by atoms with Crippen LogP contribution in [0.4, 0.5) is 13.2 Å². The van der Waals surface area contributed by atoms with Crippen LogP contribution in [-0.2, 0) is 25.2 Å². The van der Waals surface area contributed by atoms with Crippen LogP contribution < -0.4 is 10.1 Å². The molecule has 6 nitrogen and oxygen atoms in total. The maximum Gasteiger partial charge on any atom is 0.416 e. The van der Waals surface area contributed by atoms with Gasteiger partial charge in [0.15, 0.2) is 12.7 Å². The summed E-state index contributed by atoms with van der Waals surface area (Å²) in [6, 6.07) is 4.19. The van der Waals surface area contributed by atoms with Crippen molar-refractivity contribution in [1.29, 1.82) is 0 Å². The normalized spacial score (nSPS) is 12.2. The highest BCUT2D eigenvalue weighted by Gasteiger charge is 2.30. The first-order chi connectivity index (χ1) is 12.2. The maximum absolute atomic E-state index is 12.4. The Morgan fingerprint density at radius 1 is 1.27 bits per heavy atom. The van der Waals surface area contributed by atoms with E-state index in [1.165, 1.54) is 25.1 Å². The molecule has 1 aromatic rings. The minimum atomic E-state index is -4.40. The third-order valence-corrected chi connectivity index (χ3v) is 3.02. The number of benzene rings is 1. The van der Waals surface area contributed by atoms with Crippen molar-refractivity contribution in [3.8, 4) is 5.75 Å². The average molecular weight is 375 g/mol. The van der Waals surface area contributed by atoms with E-state index in [-0.39, 0.29) is 25.5 Å². The first-order valence-corrected chi connectivity index (χ1v) is 7.70. The van der Waals surface area contributed by atoms with Gasteiger partial charge in [-0.25, -0.2) is 4.79 Å². The van der Waals surface area contributed by atoms with E-state index in [0.717, 1.165) is 12.1 Å². The Labute approximate surface area is 148 Å². The fourth-order valence-corrected chi connectivity index (χ4v) is 1.68. The Morgan fingerprint density at radius 3 is 2.50 bits per heavy atom. The van der Waals surface area contributed by atoms with E-state index in [2.05, 4.69) is 11.9 Å². The fourth-order valence-electron chi connectivity index (χ4n) is 1.68. The third kappa shape index (κ3) is 8.02. The highest BCUT2D eigenvalue weighted by atomic mass is 19.4. The first kappa shape index (κ1) is 21.5. The van der Waals surface area contributed by atoms with Gasteiger partial charge in [-0.15, -0.1) is 6.58 Å². The van der Waals surface area contributed by atoms with Gasteiger partial charge in [-0.05, 0) is 31.2 Å². The number of amides is 1. The van der Waals surface area contributed by atoms with Crippen molar-refractivity contribution in [1.82, 2.24) is 5.32 Å². The topological polar surface area (TPSA) is 73.9 Å². The number of ether oxygens (including phenoxy) is 3. The molecule has 0 aliphatic heterocycles. The van der Waals surface area contributed by atoms with E-state index < -0.39 is 36.3 Å². The summed E-state index contributed by atoms with van der Waals surface area (Å²) in [6.07, 6.45) is -3.74. The molecule has 0 aliphatic rings. The predicted molar refractivity (Wildman–Crippen MR) is 86.5 cm³/mol. The molecule has 1 aromatic carbocycles. The van der Waals surface area contributed by atoms with Gasteiger partial charge in [0.2, 0.25) is 0 Å². The first-order valence-electron chi connectivity index (χ1n) is 7.70. The third-order valence-electron chi connectivity index (χ3n) is 3.02. The van der Waals surface area contributed by atoms with Crippen molar-refractivity contribution in [2.24, 2.45) is 0 Å². The summed E-state index contributed by atoms with van der Waals surface area (Å²) in [7, 11) is 0. The quantitative estimate of drug-likeness (QED) is 0.386. The highest BCUT2D eigenvalue weighted by molar-refractivity contribution is 5.81. The van der Waals surface area contributed by atoms with Gasteiger partial charge in [-0.3, -0.25) is 4.79 Å². The van der Waals surface area contributed by atoms with Crippen molar-refractivity contribution >= 4 is 11.9 Å². The molecule has 0 fully saturated rings. The lowest BCUT2D eigenvalue weighted by molar-refractivity contribution is -0.158. The SMILES string of the molecule is C=CCOC(C)C(=O)OCC(=O)NCCOc1ccc(C(F)(F)F)cc1. The van der Waals surface area contributed by atoms with Crippen molar-refractivity contribution < 1.29 is 37.0 Å². The Hall–Kier alpha value is -2.55. The number of hydrogen-bond acceptors (Lipinski definition) is 5. The van der Waals surface area contributed by atoms with Crippen LogP contribution in [-0.4, -0.2) is 44.3 Å². The summed E-state index contributed by atoms with van der Waals surface area (Å²) in [5.41, 5.74) is -0.772. The number of esters is 1. The molecule has 1 atom stereocenters. The second kappa shape index (κ2) is 10.4. The number of carbonyl (C=O) groups is 2. The van der Waals surface area contributed by atoms with E-state index in [9.17, 15) is 22.8 Å². The molecule has 0 spiro atoms. The molecule has 0 saturated heterocycles. The number of rotatable bonds is 10. The van der Waals surface area contributed by atoms with Gasteiger partial charge in [-0.2, -0.15) is 13.2 Å².